The zero-order valence-corrected chi connectivity index (χ0v) is 13.2. The number of benzene rings is 2. The van der Waals surface area contributed by atoms with E-state index in [2.05, 4.69) is 15.6 Å². The molecule has 2 aromatic carbocycles. The van der Waals surface area contributed by atoms with Crippen LogP contribution in [0.25, 0.3) is 11.0 Å². The molecule has 0 bridgehead atoms. The third-order valence-electron chi connectivity index (χ3n) is 3.95. The number of nitrogens with one attached hydrogen (secondary N) is 2. The van der Waals surface area contributed by atoms with E-state index < -0.39 is 6.04 Å². The first-order valence-electron chi connectivity index (χ1n) is 7.45. The number of carbonyl (C=O) groups is 2. The molecule has 4 rings (SSSR count). The fourth-order valence-corrected chi connectivity index (χ4v) is 2.99. The average Bonchev–Trinajstić information content (AvgIpc) is 3.06. The normalized spacial score (nSPS) is 16.0. The van der Waals surface area contributed by atoms with Gasteiger partial charge < -0.3 is 5.32 Å². The number of rotatable bonds is 3. The van der Waals surface area contributed by atoms with Crippen LogP contribution >= 0.6 is 11.6 Å². The SMILES string of the molecule is O=C(C[C@@H]1C(=O)Nc2nc3ccccc3n21)Nc1ccc(Cl)cc1. The topological polar surface area (TPSA) is 76.0 Å². The molecule has 0 spiro atoms. The quantitative estimate of drug-likeness (QED) is 0.768. The zero-order valence-electron chi connectivity index (χ0n) is 12.5. The van der Waals surface area contributed by atoms with Gasteiger partial charge in [0.1, 0.15) is 6.04 Å². The summed E-state index contributed by atoms with van der Waals surface area (Å²) in [5.41, 5.74) is 2.25. The van der Waals surface area contributed by atoms with E-state index in [1.165, 1.54) is 0 Å². The van der Waals surface area contributed by atoms with Crippen molar-refractivity contribution in [2.45, 2.75) is 12.5 Å². The first kappa shape index (κ1) is 14.7. The second-order valence-electron chi connectivity index (χ2n) is 5.56. The van der Waals surface area contributed by atoms with Gasteiger partial charge in [-0.15, -0.1) is 0 Å². The molecule has 7 heteroatoms. The lowest BCUT2D eigenvalue weighted by Crippen LogP contribution is -2.23. The van der Waals surface area contributed by atoms with Crippen LogP contribution in [0.3, 0.4) is 0 Å². The van der Waals surface area contributed by atoms with Gasteiger partial charge in [-0.1, -0.05) is 23.7 Å². The highest BCUT2D eigenvalue weighted by molar-refractivity contribution is 6.30. The first-order chi connectivity index (χ1) is 11.6. The van der Waals surface area contributed by atoms with Gasteiger partial charge in [0, 0.05) is 10.7 Å². The van der Waals surface area contributed by atoms with Crippen molar-refractivity contribution < 1.29 is 9.59 Å². The van der Waals surface area contributed by atoms with Gasteiger partial charge in [-0.3, -0.25) is 19.5 Å². The molecule has 0 saturated heterocycles. The number of carbonyl (C=O) groups excluding carboxylic acids is 2. The second kappa shape index (κ2) is 5.65. The predicted octanol–water partition coefficient (Wildman–Crippen LogP) is 3.21. The van der Waals surface area contributed by atoms with Crippen molar-refractivity contribution in [3.63, 3.8) is 0 Å². The second-order valence-corrected chi connectivity index (χ2v) is 5.99. The summed E-state index contributed by atoms with van der Waals surface area (Å²) in [6, 6.07) is 13.7. The molecule has 0 saturated carbocycles. The van der Waals surface area contributed by atoms with Crippen molar-refractivity contribution >= 4 is 46.1 Å². The zero-order chi connectivity index (χ0) is 16.7. The molecule has 1 aliphatic rings. The summed E-state index contributed by atoms with van der Waals surface area (Å²) in [4.78, 5) is 28.9. The van der Waals surface area contributed by atoms with Crippen molar-refractivity contribution in [2.24, 2.45) is 0 Å². The molecule has 0 radical (unpaired) electrons. The average molecular weight is 341 g/mol. The van der Waals surface area contributed by atoms with Gasteiger partial charge in [-0.05, 0) is 36.4 Å². The summed E-state index contributed by atoms with van der Waals surface area (Å²) >= 11 is 5.83. The summed E-state index contributed by atoms with van der Waals surface area (Å²) in [7, 11) is 0. The van der Waals surface area contributed by atoms with Gasteiger partial charge in [0.05, 0.1) is 17.5 Å². The number of aromatic nitrogens is 2. The van der Waals surface area contributed by atoms with Crippen LogP contribution in [0.2, 0.25) is 5.02 Å². The number of anilines is 2. The summed E-state index contributed by atoms with van der Waals surface area (Å²) < 4.78 is 1.78. The largest absolute Gasteiger partial charge is 0.326 e. The lowest BCUT2D eigenvalue weighted by molar-refractivity contribution is -0.123. The first-order valence-corrected chi connectivity index (χ1v) is 7.83. The molecular formula is C17H13ClN4O2. The van der Waals surface area contributed by atoms with Gasteiger partial charge in [-0.2, -0.15) is 0 Å². The van der Waals surface area contributed by atoms with Crippen molar-refractivity contribution in [1.82, 2.24) is 9.55 Å². The molecule has 24 heavy (non-hydrogen) atoms. The van der Waals surface area contributed by atoms with Crippen LogP contribution in [0.5, 0.6) is 0 Å². The molecule has 3 aromatic rings. The summed E-state index contributed by atoms with van der Waals surface area (Å²) in [6.45, 7) is 0. The number of hydrogen-bond donors (Lipinski definition) is 2. The minimum atomic E-state index is -0.611. The van der Waals surface area contributed by atoms with E-state index in [4.69, 9.17) is 11.6 Å². The molecule has 1 aliphatic heterocycles. The van der Waals surface area contributed by atoms with Crippen LogP contribution in [-0.2, 0) is 9.59 Å². The van der Waals surface area contributed by atoms with Crippen molar-refractivity contribution in [1.29, 1.82) is 0 Å². The fraction of sp³-hybridized carbons (Fsp3) is 0.118. The van der Waals surface area contributed by atoms with E-state index in [9.17, 15) is 9.59 Å². The summed E-state index contributed by atoms with van der Waals surface area (Å²) in [5.74, 6) is 0.00288. The van der Waals surface area contributed by atoms with E-state index in [1.54, 1.807) is 28.8 Å². The van der Waals surface area contributed by atoms with Gasteiger partial charge in [0.25, 0.3) is 0 Å². The Labute approximate surface area is 142 Å². The summed E-state index contributed by atoms with van der Waals surface area (Å²) in [6.07, 6.45) is 0.0296. The molecule has 0 aliphatic carbocycles. The highest BCUT2D eigenvalue weighted by Gasteiger charge is 2.34. The Kier molecular flexibility index (Phi) is 3.46. The molecular weight excluding hydrogens is 328 g/mol. The standard InChI is InChI=1S/C17H13ClN4O2/c18-10-5-7-11(8-6-10)19-15(23)9-14-16(24)21-17-20-12-3-1-2-4-13(12)22(14)17/h1-8,14H,9H2,(H,19,23)(H,20,21,24)/t14-/m1/s1. The van der Waals surface area contributed by atoms with Crippen LogP contribution in [0.4, 0.5) is 11.6 Å². The van der Waals surface area contributed by atoms with Gasteiger partial charge >= 0.3 is 0 Å². The van der Waals surface area contributed by atoms with E-state index in [-0.39, 0.29) is 18.2 Å². The predicted molar refractivity (Wildman–Crippen MR) is 92.1 cm³/mol. The Bertz CT molecular complexity index is 949. The lowest BCUT2D eigenvalue weighted by atomic mass is 10.1. The van der Waals surface area contributed by atoms with Crippen LogP contribution in [0, 0.1) is 0 Å². The van der Waals surface area contributed by atoms with E-state index >= 15 is 0 Å². The number of fused-ring (bicyclic) bond motifs is 3. The molecule has 0 fully saturated rings. The van der Waals surface area contributed by atoms with Crippen molar-refractivity contribution in [3.8, 4) is 0 Å². The molecule has 2 N–H and O–H groups in total. The number of imidazole rings is 1. The molecule has 0 unspecified atom stereocenters. The number of amides is 2. The van der Waals surface area contributed by atoms with Crippen molar-refractivity contribution in [3.05, 3.63) is 53.6 Å². The number of nitrogens with zero attached hydrogens (tertiary/aromatic N) is 2. The van der Waals surface area contributed by atoms with E-state index in [0.717, 1.165) is 11.0 Å². The highest BCUT2D eigenvalue weighted by atomic mass is 35.5. The minimum absolute atomic E-state index is 0.0296. The molecule has 1 aromatic heterocycles. The maximum Gasteiger partial charge on any atom is 0.250 e. The Morgan fingerprint density at radius 1 is 1.21 bits per heavy atom. The molecule has 120 valence electrons. The monoisotopic (exact) mass is 340 g/mol. The molecule has 2 amide bonds. The number of para-hydroxylation sites is 2. The third-order valence-corrected chi connectivity index (χ3v) is 4.20. The van der Waals surface area contributed by atoms with Crippen LogP contribution in [0.1, 0.15) is 12.5 Å². The Morgan fingerprint density at radius 2 is 1.96 bits per heavy atom. The third kappa shape index (κ3) is 2.51. The minimum Gasteiger partial charge on any atom is -0.326 e. The Morgan fingerprint density at radius 3 is 2.75 bits per heavy atom. The lowest BCUT2D eigenvalue weighted by Gasteiger charge is -2.12. The fourth-order valence-electron chi connectivity index (χ4n) is 2.86. The Hall–Kier alpha value is -2.86. The Balaban J connectivity index is 1.58. The molecule has 1 atom stereocenters. The van der Waals surface area contributed by atoms with Crippen LogP contribution in [0.15, 0.2) is 48.5 Å². The smallest absolute Gasteiger partial charge is 0.250 e. The molecule has 2 heterocycles. The van der Waals surface area contributed by atoms with Gasteiger partial charge in [0.2, 0.25) is 17.8 Å². The maximum atomic E-state index is 12.3. The number of halogens is 1. The van der Waals surface area contributed by atoms with E-state index in [0.29, 0.717) is 16.7 Å². The van der Waals surface area contributed by atoms with E-state index in [1.807, 2.05) is 24.3 Å². The van der Waals surface area contributed by atoms with Crippen molar-refractivity contribution in [2.75, 3.05) is 10.6 Å². The molecule has 6 nitrogen and oxygen atoms in total. The van der Waals surface area contributed by atoms with Gasteiger partial charge in [0.15, 0.2) is 0 Å². The van der Waals surface area contributed by atoms with Gasteiger partial charge in [-0.25, -0.2) is 4.98 Å². The maximum absolute atomic E-state index is 12.3. The summed E-state index contributed by atoms with van der Waals surface area (Å²) in [5, 5.41) is 6.10. The number of hydrogen-bond acceptors (Lipinski definition) is 3. The van der Waals surface area contributed by atoms with Crippen LogP contribution in [-0.4, -0.2) is 21.4 Å². The highest BCUT2D eigenvalue weighted by Crippen LogP contribution is 2.32. The van der Waals surface area contributed by atoms with Crippen LogP contribution < -0.4 is 10.6 Å².